The minimum atomic E-state index is -3.61. The van der Waals surface area contributed by atoms with Gasteiger partial charge in [0.05, 0.1) is 19.4 Å². The highest BCUT2D eigenvalue weighted by molar-refractivity contribution is 7.89. The van der Waals surface area contributed by atoms with E-state index in [4.69, 9.17) is 9.15 Å². The Hall–Kier alpha value is -1.79. The summed E-state index contributed by atoms with van der Waals surface area (Å²) >= 11 is 0. The lowest BCUT2D eigenvalue weighted by Gasteiger charge is -2.39. The third-order valence-electron chi connectivity index (χ3n) is 4.41. The van der Waals surface area contributed by atoms with Crippen LogP contribution in [-0.2, 0) is 10.0 Å². The molecule has 6 heteroatoms. The molecule has 0 unspecified atom stereocenters. The summed E-state index contributed by atoms with van der Waals surface area (Å²) < 4.78 is 38.2. The van der Waals surface area contributed by atoms with Crippen LogP contribution in [-0.4, -0.2) is 25.9 Å². The van der Waals surface area contributed by atoms with Gasteiger partial charge in [-0.15, -0.1) is 0 Å². The molecule has 1 aromatic heterocycles. The molecule has 1 aliphatic rings. The van der Waals surface area contributed by atoms with E-state index in [1.165, 1.54) is 18.6 Å². The predicted octanol–water partition coefficient (Wildman–Crippen LogP) is 3.59. The maximum atomic E-state index is 13.1. The number of piperidine rings is 1. The van der Waals surface area contributed by atoms with Crippen LogP contribution in [0, 0.1) is 0 Å². The molecular formula is C17H21NO4S. The van der Waals surface area contributed by atoms with Crippen LogP contribution in [0.2, 0.25) is 0 Å². The number of hydrogen-bond donors (Lipinski definition) is 0. The van der Waals surface area contributed by atoms with Crippen LogP contribution in [0.25, 0.3) is 0 Å². The van der Waals surface area contributed by atoms with Crippen molar-refractivity contribution in [3.63, 3.8) is 0 Å². The highest BCUT2D eigenvalue weighted by Gasteiger charge is 2.40. The fraction of sp³-hybridized carbons (Fsp3) is 0.412. The smallest absolute Gasteiger partial charge is 0.247 e. The Kier molecular flexibility index (Phi) is 4.46. The normalized spacial score (nSPS) is 22.9. The van der Waals surface area contributed by atoms with E-state index in [0.29, 0.717) is 0 Å². The summed E-state index contributed by atoms with van der Waals surface area (Å²) in [6.45, 7) is 1.96. The number of sulfonamides is 1. The summed E-state index contributed by atoms with van der Waals surface area (Å²) in [5.74, 6) is 0.721. The van der Waals surface area contributed by atoms with E-state index >= 15 is 0 Å². The van der Waals surface area contributed by atoms with Crippen molar-refractivity contribution in [1.29, 1.82) is 0 Å². The molecule has 0 amide bonds. The van der Waals surface area contributed by atoms with E-state index in [9.17, 15) is 8.42 Å². The summed E-state index contributed by atoms with van der Waals surface area (Å²) in [6.07, 6.45) is 5.29. The number of methoxy groups -OCH3 is 1. The molecule has 2 heterocycles. The van der Waals surface area contributed by atoms with E-state index < -0.39 is 10.0 Å². The Morgan fingerprint density at radius 3 is 2.70 bits per heavy atom. The number of ether oxygens (including phenoxy) is 1. The third kappa shape index (κ3) is 2.88. The first-order valence-corrected chi connectivity index (χ1v) is 9.18. The van der Waals surface area contributed by atoms with Crippen molar-refractivity contribution in [2.75, 3.05) is 7.11 Å². The average Bonchev–Trinajstić information content (AvgIpc) is 3.09. The fourth-order valence-electron chi connectivity index (χ4n) is 3.33. The SMILES string of the molecule is COc1ccccc1[C@H]1CCC[C@@H](C)N1S(=O)(=O)c1ccoc1. The molecule has 23 heavy (non-hydrogen) atoms. The first-order valence-electron chi connectivity index (χ1n) is 7.74. The van der Waals surface area contributed by atoms with Gasteiger partial charge in [0.2, 0.25) is 10.0 Å². The van der Waals surface area contributed by atoms with Gasteiger partial charge in [-0.1, -0.05) is 18.2 Å². The molecule has 5 nitrogen and oxygen atoms in total. The lowest BCUT2D eigenvalue weighted by molar-refractivity contribution is 0.189. The molecule has 1 aromatic carbocycles. The number of rotatable bonds is 4. The average molecular weight is 335 g/mol. The molecule has 1 fully saturated rings. The van der Waals surface area contributed by atoms with Gasteiger partial charge in [-0.25, -0.2) is 8.42 Å². The first-order chi connectivity index (χ1) is 11.1. The van der Waals surface area contributed by atoms with Crippen molar-refractivity contribution in [2.45, 2.75) is 43.2 Å². The van der Waals surface area contributed by atoms with E-state index in [-0.39, 0.29) is 17.0 Å². The molecule has 124 valence electrons. The minimum absolute atomic E-state index is 0.0708. The van der Waals surface area contributed by atoms with Crippen LogP contribution in [0.1, 0.15) is 37.8 Å². The second kappa shape index (κ2) is 6.37. The highest BCUT2D eigenvalue weighted by Crippen LogP contribution is 2.41. The van der Waals surface area contributed by atoms with Crippen LogP contribution in [0.5, 0.6) is 5.75 Å². The fourth-order valence-corrected chi connectivity index (χ4v) is 5.11. The Balaban J connectivity index is 2.08. The minimum Gasteiger partial charge on any atom is -0.496 e. The highest BCUT2D eigenvalue weighted by atomic mass is 32.2. The van der Waals surface area contributed by atoms with Crippen LogP contribution in [0.3, 0.4) is 0 Å². The lowest BCUT2D eigenvalue weighted by Crippen LogP contribution is -2.44. The second-order valence-electron chi connectivity index (χ2n) is 5.83. The standard InChI is InChI=1S/C17H21NO4S/c1-13-6-5-8-16(15-7-3-4-9-17(15)21-2)18(13)23(19,20)14-10-11-22-12-14/h3-4,7,9-13,16H,5-6,8H2,1-2H3/t13-,16-/m1/s1. The van der Waals surface area contributed by atoms with E-state index in [0.717, 1.165) is 30.6 Å². The van der Waals surface area contributed by atoms with Gasteiger partial charge in [-0.2, -0.15) is 4.31 Å². The number of benzene rings is 1. The summed E-state index contributed by atoms with van der Waals surface area (Å²) in [7, 11) is -2.00. The van der Waals surface area contributed by atoms with Gasteiger partial charge in [-0.3, -0.25) is 0 Å². The molecule has 0 saturated carbocycles. The largest absolute Gasteiger partial charge is 0.496 e. The van der Waals surface area contributed by atoms with Crippen molar-refractivity contribution in [3.8, 4) is 5.75 Å². The molecule has 3 rings (SSSR count). The van der Waals surface area contributed by atoms with Crippen LogP contribution in [0.4, 0.5) is 0 Å². The first kappa shape index (κ1) is 16.1. The van der Waals surface area contributed by atoms with Gasteiger partial charge in [0.15, 0.2) is 0 Å². The number of nitrogens with zero attached hydrogens (tertiary/aromatic N) is 1. The Bertz CT molecular complexity index is 755. The quantitative estimate of drug-likeness (QED) is 0.856. The van der Waals surface area contributed by atoms with E-state index in [1.54, 1.807) is 11.4 Å². The third-order valence-corrected chi connectivity index (χ3v) is 6.41. The lowest BCUT2D eigenvalue weighted by atomic mass is 9.93. The number of hydrogen-bond acceptors (Lipinski definition) is 4. The van der Waals surface area contributed by atoms with Gasteiger partial charge < -0.3 is 9.15 Å². The van der Waals surface area contributed by atoms with Crippen molar-refractivity contribution < 1.29 is 17.6 Å². The van der Waals surface area contributed by atoms with Crippen molar-refractivity contribution in [3.05, 3.63) is 48.4 Å². The van der Waals surface area contributed by atoms with Gasteiger partial charge in [0.25, 0.3) is 0 Å². The maximum Gasteiger partial charge on any atom is 0.247 e. The van der Waals surface area contributed by atoms with Crippen molar-refractivity contribution >= 4 is 10.0 Å². The molecule has 0 radical (unpaired) electrons. The van der Waals surface area contributed by atoms with Crippen LogP contribution in [0.15, 0.2) is 52.2 Å². The predicted molar refractivity (Wildman–Crippen MR) is 86.8 cm³/mol. The van der Waals surface area contributed by atoms with Gasteiger partial charge in [0, 0.05) is 11.6 Å². The number of furan rings is 1. The Labute approximate surface area is 136 Å². The number of para-hydroxylation sites is 1. The molecule has 1 saturated heterocycles. The zero-order valence-corrected chi connectivity index (χ0v) is 14.1. The monoisotopic (exact) mass is 335 g/mol. The molecule has 0 bridgehead atoms. The zero-order valence-electron chi connectivity index (χ0n) is 13.3. The molecule has 2 atom stereocenters. The molecule has 0 aliphatic carbocycles. The van der Waals surface area contributed by atoms with Crippen LogP contribution < -0.4 is 4.74 Å². The summed E-state index contributed by atoms with van der Waals surface area (Å²) in [5, 5.41) is 0. The Morgan fingerprint density at radius 2 is 2.00 bits per heavy atom. The zero-order chi connectivity index (χ0) is 16.4. The molecule has 1 aliphatic heterocycles. The van der Waals surface area contributed by atoms with Crippen molar-refractivity contribution in [2.24, 2.45) is 0 Å². The summed E-state index contributed by atoms with van der Waals surface area (Å²) in [4.78, 5) is 0.200. The molecular weight excluding hydrogens is 314 g/mol. The van der Waals surface area contributed by atoms with Gasteiger partial charge in [-0.05, 0) is 38.3 Å². The second-order valence-corrected chi connectivity index (χ2v) is 7.67. The molecule has 0 N–H and O–H groups in total. The van der Waals surface area contributed by atoms with Crippen LogP contribution >= 0.6 is 0 Å². The topological polar surface area (TPSA) is 59.8 Å². The van der Waals surface area contributed by atoms with Crippen molar-refractivity contribution in [1.82, 2.24) is 4.31 Å². The Morgan fingerprint density at radius 1 is 1.22 bits per heavy atom. The van der Waals surface area contributed by atoms with E-state index in [1.807, 2.05) is 31.2 Å². The van der Waals surface area contributed by atoms with E-state index in [2.05, 4.69) is 0 Å². The van der Waals surface area contributed by atoms with Gasteiger partial charge in [0.1, 0.15) is 16.9 Å². The molecule has 0 spiro atoms. The molecule has 2 aromatic rings. The summed E-state index contributed by atoms with van der Waals surface area (Å²) in [5.41, 5.74) is 0.911. The maximum absolute atomic E-state index is 13.1. The summed E-state index contributed by atoms with van der Waals surface area (Å²) in [6, 6.07) is 8.82. The van der Waals surface area contributed by atoms with Gasteiger partial charge >= 0.3 is 0 Å².